The number of rotatable bonds is 2. The second-order valence-corrected chi connectivity index (χ2v) is 7.26. The molecule has 1 aromatic carbocycles. The predicted octanol–water partition coefficient (Wildman–Crippen LogP) is 3.51. The minimum atomic E-state index is -0.181. The Hall–Kier alpha value is -0.860. The van der Waals surface area contributed by atoms with Crippen molar-refractivity contribution in [2.75, 3.05) is 0 Å². The zero-order valence-electron chi connectivity index (χ0n) is 12.9. The summed E-state index contributed by atoms with van der Waals surface area (Å²) in [4.78, 5) is 2.54. The summed E-state index contributed by atoms with van der Waals surface area (Å²) in [7, 11) is 0. The second kappa shape index (κ2) is 4.92. The van der Waals surface area contributed by atoms with Gasteiger partial charge in [-0.1, -0.05) is 29.8 Å². The van der Waals surface area contributed by atoms with E-state index in [1.807, 2.05) is 0 Å². The lowest BCUT2D eigenvalue weighted by molar-refractivity contribution is -0.0860. The molecule has 0 saturated carbocycles. The first-order valence-corrected chi connectivity index (χ1v) is 7.22. The zero-order chi connectivity index (χ0) is 14.3. The zero-order valence-corrected chi connectivity index (χ0v) is 12.9. The largest absolute Gasteiger partial charge is 0.393 e. The Balaban J connectivity index is 2.23. The van der Waals surface area contributed by atoms with Crippen LogP contribution in [0.4, 0.5) is 0 Å². The van der Waals surface area contributed by atoms with Crippen LogP contribution in [0.25, 0.3) is 0 Å². The van der Waals surface area contributed by atoms with Crippen molar-refractivity contribution in [3.05, 3.63) is 35.4 Å². The molecule has 0 unspecified atom stereocenters. The molecule has 0 spiro atoms. The first kappa shape index (κ1) is 14.5. The Morgan fingerprint density at radius 1 is 1.05 bits per heavy atom. The van der Waals surface area contributed by atoms with E-state index in [9.17, 15) is 5.11 Å². The molecule has 1 fully saturated rings. The van der Waals surface area contributed by atoms with Crippen LogP contribution in [0.3, 0.4) is 0 Å². The fourth-order valence-electron chi connectivity index (χ4n) is 3.57. The van der Waals surface area contributed by atoms with Gasteiger partial charge in [0.15, 0.2) is 0 Å². The molecular weight excluding hydrogens is 234 g/mol. The highest BCUT2D eigenvalue weighted by Crippen LogP contribution is 2.39. The average molecular weight is 261 g/mol. The molecule has 1 N–H and O–H groups in total. The molecule has 106 valence electrons. The third kappa shape index (κ3) is 3.18. The molecule has 1 saturated heterocycles. The molecule has 1 aliphatic heterocycles. The SMILES string of the molecule is Cc1ccc(CN2C(C)(C)CC(O)CC2(C)C)cc1. The van der Waals surface area contributed by atoms with E-state index in [1.165, 1.54) is 11.1 Å². The number of likely N-dealkylation sites (tertiary alicyclic amines) is 1. The van der Waals surface area contributed by atoms with Crippen molar-refractivity contribution >= 4 is 0 Å². The van der Waals surface area contributed by atoms with Crippen molar-refractivity contribution in [3.63, 3.8) is 0 Å². The van der Waals surface area contributed by atoms with Crippen LogP contribution in [0.15, 0.2) is 24.3 Å². The molecule has 2 nitrogen and oxygen atoms in total. The van der Waals surface area contributed by atoms with Gasteiger partial charge in [-0.25, -0.2) is 0 Å². The molecule has 2 heteroatoms. The Kier molecular flexibility index (Phi) is 3.76. The van der Waals surface area contributed by atoms with Gasteiger partial charge in [-0.2, -0.15) is 0 Å². The highest BCUT2D eigenvalue weighted by molar-refractivity contribution is 5.22. The van der Waals surface area contributed by atoms with E-state index in [1.54, 1.807) is 0 Å². The first-order chi connectivity index (χ1) is 8.71. The van der Waals surface area contributed by atoms with Gasteiger partial charge in [-0.3, -0.25) is 4.90 Å². The van der Waals surface area contributed by atoms with Crippen LogP contribution < -0.4 is 0 Å². The second-order valence-electron chi connectivity index (χ2n) is 7.26. The molecule has 0 amide bonds. The first-order valence-electron chi connectivity index (χ1n) is 7.22. The Labute approximate surface area is 117 Å². The molecule has 1 heterocycles. The fraction of sp³-hybridized carbons (Fsp3) is 0.647. The number of hydrogen-bond acceptors (Lipinski definition) is 2. The summed E-state index contributed by atoms with van der Waals surface area (Å²) >= 11 is 0. The number of nitrogens with zero attached hydrogens (tertiary/aromatic N) is 1. The molecule has 19 heavy (non-hydrogen) atoms. The van der Waals surface area contributed by atoms with Crippen LogP contribution in [0.2, 0.25) is 0 Å². The number of aryl methyl sites for hydroxylation is 1. The monoisotopic (exact) mass is 261 g/mol. The molecular formula is C17H27NO. The predicted molar refractivity (Wildman–Crippen MR) is 80.1 cm³/mol. The third-order valence-electron chi connectivity index (χ3n) is 4.39. The maximum Gasteiger partial charge on any atom is 0.0575 e. The maximum absolute atomic E-state index is 10.1. The minimum Gasteiger partial charge on any atom is -0.393 e. The standard InChI is InChI=1S/C17H27NO/c1-13-6-8-14(9-7-13)12-18-16(2,3)10-15(19)11-17(18,4)5/h6-9,15,19H,10-12H2,1-5H3. The topological polar surface area (TPSA) is 23.5 Å². The smallest absolute Gasteiger partial charge is 0.0575 e. The Bertz CT molecular complexity index is 415. The number of piperidine rings is 1. The van der Waals surface area contributed by atoms with Gasteiger partial charge >= 0.3 is 0 Å². The van der Waals surface area contributed by atoms with Crippen LogP contribution in [0.5, 0.6) is 0 Å². The quantitative estimate of drug-likeness (QED) is 0.880. The lowest BCUT2D eigenvalue weighted by Gasteiger charge is -2.54. The summed E-state index contributed by atoms with van der Waals surface area (Å²) in [5.41, 5.74) is 2.72. The van der Waals surface area contributed by atoms with Crippen molar-refractivity contribution in [1.82, 2.24) is 4.90 Å². The van der Waals surface area contributed by atoms with Crippen molar-refractivity contribution in [2.45, 2.75) is 71.2 Å². The van der Waals surface area contributed by atoms with Gasteiger partial charge in [0, 0.05) is 17.6 Å². The molecule has 0 bridgehead atoms. The summed E-state index contributed by atoms with van der Waals surface area (Å²) in [6.07, 6.45) is 1.52. The van der Waals surface area contributed by atoms with Gasteiger partial charge in [0.1, 0.15) is 0 Å². The van der Waals surface area contributed by atoms with E-state index in [4.69, 9.17) is 0 Å². The van der Waals surface area contributed by atoms with Gasteiger partial charge in [0.2, 0.25) is 0 Å². The third-order valence-corrected chi connectivity index (χ3v) is 4.39. The maximum atomic E-state index is 10.1. The van der Waals surface area contributed by atoms with Crippen molar-refractivity contribution in [3.8, 4) is 0 Å². The van der Waals surface area contributed by atoms with E-state index in [0.717, 1.165) is 19.4 Å². The lowest BCUT2D eigenvalue weighted by Crippen LogP contribution is -2.61. The summed E-state index contributed by atoms with van der Waals surface area (Å²) < 4.78 is 0. The van der Waals surface area contributed by atoms with Crippen LogP contribution in [-0.2, 0) is 6.54 Å². The van der Waals surface area contributed by atoms with Gasteiger partial charge < -0.3 is 5.11 Å². The van der Waals surface area contributed by atoms with Crippen LogP contribution >= 0.6 is 0 Å². The summed E-state index contributed by atoms with van der Waals surface area (Å²) in [5.74, 6) is 0. The molecule has 0 aliphatic carbocycles. The normalized spacial score (nSPS) is 23.5. The summed E-state index contributed by atoms with van der Waals surface area (Å²) in [5, 5.41) is 10.1. The van der Waals surface area contributed by atoms with E-state index in [-0.39, 0.29) is 17.2 Å². The number of aliphatic hydroxyl groups excluding tert-OH is 1. The van der Waals surface area contributed by atoms with Crippen molar-refractivity contribution in [2.24, 2.45) is 0 Å². The molecule has 1 aliphatic rings. The Morgan fingerprint density at radius 2 is 1.53 bits per heavy atom. The average Bonchev–Trinajstić information content (AvgIpc) is 2.24. The summed E-state index contributed by atoms with van der Waals surface area (Å²) in [6, 6.07) is 8.78. The van der Waals surface area contributed by atoms with Gasteiger partial charge in [0.25, 0.3) is 0 Å². The lowest BCUT2D eigenvalue weighted by atomic mass is 9.78. The van der Waals surface area contributed by atoms with Gasteiger partial charge in [0.05, 0.1) is 6.10 Å². The van der Waals surface area contributed by atoms with E-state index in [0.29, 0.717) is 0 Å². The van der Waals surface area contributed by atoms with E-state index < -0.39 is 0 Å². The van der Waals surface area contributed by atoms with Crippen LogP contribution in [0.1, 0.15) is 51.7 Å². The fourth-order valence-corrected chi connectivity index (χ4v) is 3.57. The Morgan fingerprint density at radius 3 is 2.00 bits per heavy atom. The molecule has 0 atom stereocenters. The molecule has 2 rings (SSSR count). The molecule has 0 radical (unpaired) electrons. The number of benzene rings is 1. The van der Waals surface area contributed by atoms with Crippen LogP contribution in [-0.4, -0.2) is 27.2 Å². The molecule has 0 aromatic heterocycles. The highest BCUT2D eigenvalue weighted by atomic mass is 16.3. The van der Waals surface area contributed by atoms with Crippen LogP contribution in [0, 0.1) is 6.92 Å². The van der Waals surface area contributed by atoms with Crippen molar-refractivity contribution in [1.29, 1.82) is 0 Å². The summed E-state index contributed by atoms with van der Waals surface area (Å²) in [6.45, 7) is 12.0. The van der Waals surface area contributed by atoms with Gasteiger partial charge in [-0.05, 0) is 53.0 Å². The van der Waals surface area contributed by atoms with E-state index >= 15 is 0 Å². The van der Waals surface area contributed by atoms with Gasteiger partial charge in [-0.15, -0.1) is 0 Å². The minimum absolute atomic E-state index is 0.0338. The number of aliphatic hydroxyl groups is 1. The van der Waals surface area contributed by atoms with Crippen molar-refractivity contribution < 1.29 is 5.11 Å². The number of hydrogen-bond donors (Lipinski definition) is 1. The van der Waals surface area contributed by atoms with E-state index in [2.05, 4.69) is 63.8 Å². The highest BCUT2D eigenvalue weighted by Gasteiger charge is 2.44. The molecule has 1 aromatic rings.